The molecule has 0 saturated heterocycles. The Morgan fingerprint density at radius 1 is 1.31 bits per heavy atom. The molecule has 0 atom stereocenters. The molecule has 0 fully saturated rings. The minimum atomic E-state index is -1.03. The molecule has 2 aromatic rings. The lowest BCUT2D eigenvalue weighted by molar-refractivity contribution is 0.430. The highest BCUT2D eigenvalue weighted by atomic mass is 19.1. The third-order valence-electron chi connectivity index (χ3n) is 2.22. The van der Waals surface area contributed by atoms with Crippen LogP contribution in [0.25, 0.3) is 11.3 Å². The molecule has 2 rings (SSSR count). The summed E-state index contributed by atoms with van der Waals surface area (Å²) >= 11 is 0. The normalized spacial score (nSPS) is 10.7. The maximum atomic E-state index is 13.1. The third-order valence-corrected chi connectivity index (χ3v) is 2.22. The van der Waals surface area contributed by atoms with Crippen molar-refractivity contribution >= 4 is 5.82 Å². The third kappa shape index (κ3) is 1.58. The van der Waals surface area contributed by atoms with Gasteiger partial charge in [0.2, 0.25) is 0 Å². The lowest BCUT2D eigenvalue weighted by atomic mass is 10.1. The van der Waals surface area contributed by atoms with Crippen molar-refractivity contribution in [2.24, 2.45) is 7.05 Å². The lowest BCUT2D eigenvalue weighted by Crippen LogP contribution is -1.96. The molecular weight excluding hydrogens is 216 g/mol. The Morgan fingerprint density at radius 3 is 2.56 bits per heavy atom. The summed E-state index contributed by atoms with van der Waals surface area (Å²) in [5.41, 5.74) is 5.73. The molecule has 0 aliphatic heterocycles. The van der Waals surface area contributed by atoms with Crippen LogP contribution < -0.4 is 5.73 Å². The van der Waals surface area contributed by atoms with E-state index in [1.54, 1.807) is 7.05 Å². The number of aryl methyl sites for hydroxylation is 1. The summed E-state index contributed by atoms with van der Waals surface area (Å²) in [7, 11) is 1.59. The molecule has 0 saturated carbocycles. The first-order valence-corrected chi connectivity index (χ1v) is 4.47. The number of phenolic OH excluding ortho intramolecular Hbond substituents is 1. The fourth-order valence-electron chi connectivity index (χ4n) is 1.37. The molecule has 0 aliphatic carbocycles. The molecule has 0 aliphatic rings. The summed E-state index contributed by atoms with van der Waals surface area (Å²) in [4.78, 5) is 0. The van der Waals surface area contributed by atoms with E-state index in [2.05, 4.69) is 5.10 Å². The summed E-state index contributed by atoms with van der Waals surface area (Å²) in [6.45, 7) is 0. The van der Waals surface area contributed by atoms with Crippen LogP contribution in [0.15, 0.2) is 18.2 Å². The largest absolute Gasteiger partial charge is 0.504 e. The standard InChI is InChI=1S/C10H9F2N3O/c1-15-9(13)4-8(14-15)6-2-5(11)3-7(12)10(6)16/h2-4,16H,13H2,1H3. The van der Waals surface area contributed by atoms with Gasteiger partial charge in [-0.05, 0) is 6.07 Å². The van der Waals surface area contributed by atoms with Gasteiger partial charge in [0.05, 0.1) is 5.69 Å². The van der Waals surface area contributed by atoms with Gasteiger partial charge in [0, 0.05) is 24.7 Å². The number of rotatable bonds is 1. The zero-order valence-electron chi connectivity index (χ0n) is 8.41. The van der Waals surface area contributed by atoms with Crippen molar-refractivity contribution < 1.29 is 13.9 Å². The number of hydrogen-bond acceptors (Lipinski definition) is 3. The van der Waals surface area contributed by atoms with Crippen LogP contribution in [0, 0.1) is 11.6 Å². The van der Waals surface area contributed by atoms with Gasteiger partial charge in [0.15, 0.2) is 11.6 Å². The Hall–Kier alpha value is -2.11. The van der Waals surface area contributed by atoms with Crippen molar-refractivity contribution in [2.75, 3.05) is 5.73 Å². The first-order valence-electron chi connectivity index (χ1n) is 4.47. The molecule has 0 amide bonds. The summed E-state index contributed by atoms with van der Waals surface area (Å²) in [5, 5.41) is 13.4. The van der Waals surface area contributed by atoms with Crippen LogP contribution in [-0.4, -0.2) is 14.9 Å². The van der Waals surface area contributed by atoms with Crippen LogP contribution >= 0.6 is 0 Å². The predicted octanol–water partition coefficient (Wildman–Crippen LogP) is 1.65. The van der Waals surface area contributed by atoms with Crippen LogP contribution in [0.3, 0.4) is 0 Å². The summed E-state index contributed by atoms with van der Waals surface area (Å²) < 4.78 is 27.4. The summed E-state index contributed by atoms with van der Waals surface area (Å²) in [6.07, 6.45) is 0. The number of aromatic nitrogens is 2. The van der Waals surface area contributed by atoms with Gasteiger partial charge in [-0.2, -0.15) is 5.10 Å². The molecule has 4 nitrogen and oxygen atoms in total. The monoisotopic (exact) mass is 225 g/mol. The molecule has 1 aromatic carbocycles. The number of hydrogen-bond donors (Lipinski definition) is 2. The first-order chi connectivity index (χ1) is 7.49. The van der Waals surface area contributed by atoms with E-state index < -0.39 is 17.4 Å². The number of anilines is 1. The molecule has 0 unspecified atom stereocenters. The molecule has 6 heteroatoms. The van der Waals surface area contributed by atoms with Crippen molar-refractivity contribution in [2.45, 2.75) is 0 Å². The quantitative estimate of drug-likeness (QED) is 0.775. The van der Waals surface area contributed by atoms with E-state index in [9.17, 15) is 13.9 Å². The highest BCUT2D eigenvalue weighted by Gasteiger charge is 2.14. The Morgan fingerprint density at radius 2 is 2.00 bits per heavy atom. The second kappa shape index (κ2) is 3.48. The molecule has 1 aromatic heterocycles. The zero-order valence-corrected chi connectivity index (χ0v) is 8.41. The first kappa shape index (κ1) is 10.4. The predicted molar refractivity (Wildman–Crippen MR) is 54.6 cm³/mol. The molecule has 0 bridgehead atoms. The van der Waals surface area contributed by atoms with Crippen molar-refractivity contribution in [1.82, 2.24) is 9.78 Å². The Bertz CT molecular complexity index is 532. The Kier molecular flexibility index (Phi) is 2.26. The molecule has 16 heavy (non-hydrogen) atoms. The lowest BCUT2D eigenvalue weighted by Gasteiger charge is -2.02. The van der Waals surface area contributed by atoms with Crippen LogP contribution in [0.2, 0.25) is 0 Å². The van der Waals surface area contributed by atoms with E-state index >= 15 is 0 Å². The van der Waals surface area contributed by atoms with Gasteiger partial charge in [0.1, 0.15) is 11.6 Å². The Labute approximate surface area is 89.9 Å². The van der Waals surface area contributed by atoms with E-state index in [-0.39, 0.29) is 11.3 Å². The molecule has 0 spiro atoms. The topological polar surface area (TPSA) is 64.1 Å². The fraction of sp³-hybridized carbons (Fsp3) is 0.100. The van der Waals surface area contributed by atoms with E-state index in [0.717, 1.165) is 6.07 Å². The van der Waals surface area contributed by atoms with Crippen LogP contribution in [0.5, 0.6) is 5.75 Å². The smallest absolute Gasteiger partial charge is 0.168 e. The number of nitrogen functional groups attached to an aromatic ring is 1. The second-order valence-corrected chi connectivity index (χ2v) is 3.36. The number of aromatic hydroxyl groups is 1. The average molecular weight is 225 g/mol. The van der Waals surface area contributed by atoms with Crippen molar-refractivity contribution in [1.29, 1.82) is 0 Å². The van der Waals surface area contributed by atoms with Gasteiger partial charge in [-0.1, -0.05) is 0 Å². The van der Waals surface area contributed by atoms with Gasteiger partial charge in [0.25, 0.3) is 0 Å². The minimum Gasteiger partial charge on any atom is -0.504 e. The maximum absolute atomic E-state index is 13.1. The van der Waals surface area contributed by atoms with Gasteiger partial charge >= 0.3 is 0 Å². The van der Waals surface area contributed by atoms with Crippen LogP contribution in [-0.2, 0) is 7.05 Å². The van der Waals surface area contributed by atoms with Crippen molar-refractivity contribution in [3.63, 3.8) is 0 Å². The number of nitrogens with zero attached hydrogens (tertiary/aromatic N) is 2. The van der Waals surface area contributed by atoms with E-state index in [1.807, 2.05) is 0 Å². The second-order valence-electron chi connectivity index (χ2n) is 3.36. The number of benzene rings is 1. The molecular formula is C10H9F2N3O. The molecule has 0 radical (unpaired) electrons. The molecule has 1 heterocycles. The van der Waals surface area contributed by atoms with Gasteiger partial charge in [-0.15, -0.1) is 0 Å². The fourth-order valence-corrected chi connectivity index (χ4v) is 1.37. The van der Waals surface area contributed by atoms with Crippen LogP contribution in [0.1, 0.15) is 0 Å². The number of nitrogens with two attached hydrogens (primary N) is 1. The minimum absolute atomic E-state index is 0.0233. The van der Waals surface area contributed by atoms with E-state index in [4.69, 9.17) is 5.73 Å². The Balaban J connectivity index is 2.63. The van der Waals surface area contributed by atoms with E-state index in [0.29, 0.717) is 11.9 Å². The van der Waals surface area contributed by atoms with Crippen molar-refractivity contribution in [3.05, 3.63) is 29.8 Å². The number of phenols is 1. The maximum Gasteiger partial charge on any atom is 0.168 e. The van der Waals surface area contributed by atoms with E-state index in [1.165, 1.54) is 10.7 Å². The highest BCUT2D eigenvalue weighted by Crippen LogP contribution is 2.32. The molecule has 84 valence electrons. The summed E-state index contributed by atoms with van der Waals surface area (Å²) in [6, 6.07) is 3.03. The molecule has 3 N–H and O–H groups in total. The summed E-state index contributed by atoms with van der Waals surface area (Å²) in [5.74, 6) is -2.12. The SMILES string of the molecule is Cn1nc(-c2cc(F)cc(F)c2O)cc1N. The van der Waals surface area contributed by atoms with Gasteiger partial charge < -0.3 is 10.8 Å². The zero-order chi connectivity index (χ0) is 11.9. The highest BCUT2D eigenvalue weighted by molar-refractivity contribution is 5.69. The van der Waals surface area contributed by atoms with Gasteiger partial charge in [-0.25, -0.2) is 8.78 Å². The van der Waals surface area contributed by atoms with Crippen molar-refractivity contribution in [3.8, 4) is 17.0 Å². The average Bonchev–Trinajstić information content (AvgIpc) is 2.53. The van der Waals surface area contributed by atoms with Gasteiger partial charge in [-0.3, -0.25) is 4.68 Å². The van der Waals surface area contributed by atoms with Crippen LogP contribution in [0.4, 0.5) is 14.6 Å². The number of halogens is 2.